The summed E-state index contributed by atoms with van der Waals surface area (Å²) in [4.78, 5) is 24.6. The molecule has 1 aromatic rings. The van der Waals surface area contributed by atoms with Crippen LogP contribution in [0, 0.1) is 12.8 Å². The molecule has 3 atom stereocenters. The van der Waals surface area contributed by atoms with Crippen molar-refractivity contribution in [2.24, 2.45) is 5.92 Å². The number of amides is 2. The number of aryl methyl sites for hydroxylation is 1. The van der Waals surface area contributed by atoms with Crippen molar-refractivity contribution < 1.29 is 22.4 Å². The minimum atomic E-state index is -3.75. The van der Waals surface area contributed by atoms with Crippen molar-refractivity contribution in [1.29, 1.82) is 0 Å². The lowest BCUT2D eigenvalue weighted by atomic mass is 10.0. The number of carbonyl (C=O) groups excluding carboxylic acids is 2. The minimum Gasteiger partial charge on any atom is -0.324 e. The van der Waals surface area contributed by atoms with Gasteiger partial charge in [0.25, 0.3) is 0 Å². The molecule has 32 heavy (non-hydrogen) atoms. The van der Waals surface area contributed by atoms with Gasteiger partial charge in [-0.25, -0.2) is 23.0 Å². The first kappa shape index (κ1) is 24.6. The second-order valence-electron chi connectivity index (χ2n) is 8.45. The fourth-order valence-electron chi connectivity index (χ4n) is 3.91. The van der Waals surface area contributed by atoms with E-state index in [1.54, 1.807) is 19.1 Å². The summed E-state index contributed by atoms with van der Waals surface area (Å²) in [5.41, 5.74) is 3.46. The summed E-state index contributed by atoms with van der Waals surface area (Å²) in [6.07, 6.45) is 2.76. The van der Waals surface area contributed by atoms with Crippen LogP contribution in [0.15, 0.2) is 23.1 Å². The van der Waals surface area contributed by atoms with E-state index in [0.717, 1.165) is 30.8 Å². The van der Waals surface area contributed by atoms with E-state index < -0.39 is 33.9 Å². The minimum absolute atomic E-state index is 0.0465. The van der Waals surface area contributed by atoms with E-state index in [-0.39, 0.29) is 18.0 Å². The Morgan fingerprint density at radius 3 is 2.81 bits per heavy atom. The first-order chi connectivity index (χ1) is 15.2. The first-order valence-electron chi connectivity index (χ1n) is 11.0. The van der Waals surface area contributed by atoms with Crippen LogP contribution < -0.4 is 20.8 Å². The van der Waals surface area contributed by atoms with Crippen molar-refractivity contribution >= 4 is 27.5 Å². The van der Waals surface area contributed by atoms with Gasteiger partial charge in [0, 0.05) is 24.8 Å². The quantitative estimate of drug-likeness (QED) is 0.452. The van der Waals surface area contributed by atoms with Crippen LogP contribution in [0.4, 0.5) is 10.1 Å². The van der Waals surface area contributed by atoms with E-state index in [9.17, 15) is 22.4 Å². The van der Waals surface area contributed by atoms with Crippen molar-refractivity contribution in [2.75, 3.05) is 31.5 Å². The predicted octanol–water partition coefficient (Wildman–Crippen LogP) is 1.07. The monoisotopic (exact) mass is 469 g/mol. The van der Waals surface area contributed by atoms with Gasteiger partial charge in [-0.05, 0) is 50.4 Å². The van der Waals surface area contributed by atoms with E-state index in [1.165, 1.54) is 13.0 Å². The number of carbonyl (C=O) groups is 2. The smallest absolute Gasteiger partial charge is 0.245 e. The molecule has 2 aliphatic heterocycles. The lowest BCUT2D eigenvalue weighted by Gasteiger charge is -2.32. The first-order valence-corrected chi connectivity index (χ1v) is 12.5. The third-order valence-corrected chi connectivity index (χ3v) is 7.54. The molecule has 4 N–H and O–H groups in total. The molecule has 0 radical (unpaired) electrons. The fraction of sp³-hybridized carbons (Fsp3) is 0.619. The molecule has 3 unspecified atom stereocenters. The normalized spacial score (nSPS) is 24.4. The molecule has 0 aliphatic carbocycles. The van der Waals surface area contributed by atoms with Crippen LogP contribution >= 0.6 is 0 Å². The standard InChI is InChI=1S/C21H32FN5O4S/c1-14-6-7-17(26-20(28)13-27-21(29)15(2)18(22)12-24-27)11-19(14)32(30,31)25-10-8-16-5-3-4-9-23-16/h6-7,11,15-16,18,23-25H,3-5,8-10,12-13H2,1-2H3,(H,26,28). The number of hydrogen-bond acceptors (Lipinski definition) is 6. The van der Waals surface area contributed by atoms with Crippen molar-refractivity contribution in [1.82, 2.24) is 20.5 Å². The number of rotatable bonds is 8. The molecule has 178 valence electrons. The van der Waals surface area contributed by atoms with Gasteiger partial charge < -0.3 is 10.6 Å². The zero-order valence-corrected chi connectivity index (χ0v) is 19.3. The highest BCUT2D eigenvalue weighted by atomic mass is 32.2. The van der Waals surface area contributed by atoms with Crippen LogP contribution in [0.2, 0.25) is 0 Å². The number of piperidine rings is 1. The lowest BCUT2D eigenvalue weighted by Crippen LogP contribution is -2.57. The van der Waals surface area contributed by atoms with E-state index in [1.807, 2.05) is 0 Å². The van der Waals surface area contributed by atoms with Crippen LogP contribution in [0.1, 0.15) is 38.2 Å². The van der Waals surface area contributed by atoms with Crippen molar-refractivity contribution in [2.45, 2.75) is 56.6 Å². The Morgan fingerprint density at radius 1 is 1.31 bits per heavy atom. The maximum absolute atomic E-state index is 13.6. The maximum Gasteiger partial charge on any atom is 0.245 e. The van der Waals surface area contributed by atoms with Gasteiger partial charge in [-0.1, -0.05) is 19.4 Å². The average molecular weight is 470 g/mol. The van der Waals surface area contributed by atoms with Gasteiger partial charge in [0.15, 0.2) is 0 Å². The van der Waals surface area contributed by atoms with E-state index in [4.69, 9.17) is 0 Å². The van der Waals surface area contributed by atoms with Crippen LogP contribution in [-0.4, -0.2) is 63.6 Å². The molecule has 11 heteroatoms. The number of benzene rings is 1. The Bertz CT molecular complexity index is 936. The van der Waals surface area contributed by atoms with Gasteiger partial charge in [0.1, 0.15) is 12.7 Å². The van der Waals surface area contributed by atoms with Crippen LogP contribution in [0.25, 0.3) is 0 Å². The molecule has 2 heterocycles. The Labute approximate surface area is 188 Å². The number of sulfonamides is 1. The lowest BCUT2D eigenvalue weighted by molar-refractivity contribution is -0.147. The molecular formula is C21H32FN5O4S. The predicted molar refractivity (Wildman–Crippen MR) is 119 cm³/mol. The Hall–Kier alpha value is -2.08. The maximum atomic E-state index is 13.6. The summed E-state index contributed by atoms with van der Waals surface area (Å²) >= 11 is 0. The van der Waals surface area contributed by atoms with Crippen molar-refractivity contribution in [3.05, 3.63) is 23.8 Å². The molecule has 9 nitrogen and oxygen atoms in total. The second-order valence-corrected chi connectivity index (χ2v) is 10.2. The summed E-state index contributed by atoms with van der Waals surface area (Å²) in [7, 11) is -3.75. The number of anilines is 1. The Kier molecular flexibility index (Phi) is 8.21. The number of hydrogen-bond donors (Lipinski definition) is 4. The van der Waals surface area contributed by atoms with Gasteiger partial charge in [0.05, 0.1) is 10.8 Å². The van der Waals surface area contributed by atoms with E-state index >= 15 is 0 Å². The van der Waals surface area contributed by atoms with Gasteiger partial charge >= 0.3 is 0 Å². The average Bonchev–Trinajstić information content (AvgIpc) is 2.76. The third-order valence-electron chi connectivity index (χ3n) is 5.94. The van der Waals surface area contributed by atoms with Crippen LogP contribution in [0.3, 0.4) is 0 Å². The van der Waals surface area contributed by atoms with Gasteiger partial charge in [-0.2, -0.15) is 0 Å². The fourth-order valence-corrected chi connectivity index (χ4v) is 5.23. The summed E-state index contributed by atoms with van der Waals surface area (Å²) in [5, 5.41) is 7.09. The zero-order valence-electron chi connectivity index (χ0n) is 18.5. The highest BCUT2D eigenvalue weighted by Crippen LogP contribution is 2.21. The topological polar surface area (TPSA) is 120 Å². The number of nitrogens with zero attached hydrogens (tertiary/aromatic N) is 1. The molecule has 1 aromatic carbocycles. The van der Waals surface area contributed by atoms with Crippen molar-refractivity contribution in [3.63, 3.8) is 0 Å². The molecule has 2 saturated heterocycles. The third kappa shape index (κ3) is 6.25. The molecule has 0 aromatic heterocycles. The molecule has 2 aliphatic rings. The number of nitrogens with one attached hydrogen (secondary N) is 4. The molecular weight excluding hydrogens is 437 g/mol. The SMILES string of the molecule is Cc1ccc(NC(=O)CN2NCC(F)C(C)C2=O)cc1S(=O)(=O)NCCC1CCCCN1. The number of halogens is 1. The Balaban J connectivity index is 1.59. The molecule has 0 spiro atoms. The summed E-state index contributed by atoms with van der Waals surface area (Å²) in [6, 6.07) is 4.94. The molecule has 0 saturated carbocycles. The second kappa shape index (κ2) is 10.7. The van der Waals surface area contributed by atoms with Gasteiger partial charge in [0.2, 0.25) is 21.8 Å². The molecule has 0 bridgehead atoms. The Morgan fingerprint density at radius 2 is 2.09 bits per heavy atom. The molecule has 3 rings (SSSR count). The van der Waals surface area contributed by atoms with Crippen LogP contribution in [-0.2, 0) is 19.6 Å². The molecule has 2 amide bonds. The molecule has 2 fully saturated rings. The van der Waals surface area contributed by atoms with Crippen molar-refractivity contribution in [3.8, 4) is 0 Å². The zero-order chi connectivity index (χ0) is 23.3. The highest BCUT2D eigenvalue weighted by Gasteiger charge is 2.34. The number of hydrazine groups is 1. The highest BCUT2D eigenvalue weighted by molar-refractivity contribution is 7.89. The number of alkyl halides is 1. The largest absolute Gasteiger partial charge is 0.324 e. The van der Waals surface area contributed by atoms with E-state index in [0.29, 0.717) is 30.3 Å². The van der Waals surface area contributed by atoms with Gasteiger partial charge in [-0.15, -0.1) is 0 Å². The summed E-state index contributed by atoms with van der Waals surface area (Å²) < 4.78 is 41.9. The van der Waals surface area contributed by atoms with Crippen LogP contribution in [0.5, 0.6) is 0 Å². The van der Waals surface area contributed by atoms with Gasteiger partial charge in [-0.3, -0.25) is 14.6 Å². The summed E-state index contributed by atoms with van der Waals surface area (Å²) in [6.45, 7) is 4.10. The van der Waals surface area contributed by atoms with E-state index in [2.05, 4.69) is 20.8 Å². The summed E-state index contributed by atoms with van der Waals surface area (Å²) in [5.74, 6) is -1.84.